The highest BCUT2D eigenvalue weighted by molar-refractivity contribution is 6.33. The first kappa shape index (κ1) is 108. The van der Waals surface area contributed by atoms with Gasteiger partial charge in [0.1, 0.15) is 120 Å². The first-order valence-corrected chi connectivity index (χ1v) is 47.0. The molecule has 0 radical (unpaired) electrons. The van der Waals surface area contributed by atoms with Crippen LogP contribution < -0.4 is 77.8 Å². The molecule has 8 aromatic rings. The highest BCUT2D eigenvalue weighted by Gasteiger charge is 2.54. The Hall–Kier alpha value is -12.2. The van der Waals surface area contributed by atoms with E-state index >= 15 is 24.0 Å². The molecule has 7 aliphatic rings. The van der Waals surface area contributed by atoms with Crippen LogP contribution in [0.2, 0.25) is 15.1 Å². The van der Waals surface area contributed by atoms with Crippen molar-refractivity contribution in [3.8, 4) is 74.0 Å². The van der Waals surface area contributed by atoms with Gasteiger partial charge in [0, 0.05) is 42.7 Å². The van der Waals surface area contributed by atoms with Crippen molar-refractivity contribution in [2.24, 2.45) is 11.7 Å². The Morgan fingerprint density at radius 2 is 1.31 bits per heavy atom. The quantitative estimate of drug-likeness (QED) is 0.0269. The molecule has 7 heterocycles. The van der Waals surface area contributed by atoms with E-state index in [-0.39, 0.29) is 74.0 Å². The predicted molar refractivity (Wildman–Crippen MR) is 509 cm³/mol. The number of nitrogens with one attached hydrogen (secondary N) is 10. The molecule has 0 spiro atoms. The van der Waals surface area contributed by atoms with Gasteiger partial charge < -0.3 is 169 Å². The number of fused-ring (bicyclic) bond motifs is 15. The minimum absolute atomic E-state index is 0.0232. The molecule has 8 amide bonds. The lowest BCUT2D eigenvalue weighted by atomic mass is 9.80. The second kappa shape index (κ2) is 47.1. The van der Waals surface area contributed by atoms with E-state index in [2.05, 4.69) is 53.2 Å². The van der Waals surface area contributed by atoms with Crippen LogP contribution in [0.1, 0.15) is 140 Å². The van der Waals surface area contributed by atoms with Gasteiger partial charge in [-0.15, -0.1) is 0 Å². The Labute approximate surface area is 833 Å². The van der Waals surface area contributed by atoms with Crippen LogP contribution in [0.25, 0.3) is 22.3 Å². The van der Waals surface area contributed by atoms with Gasteiger partial charge in [0.05, 0.1) is 64.1 Å². The summed E-state index contributed by atoms with van der Waals surface area (Å²) in [5.41, 5.74) is 5.24. The monoisotopic (exact) mass is 2050 g/mol. The van der Waals surface area contributed by atoms with Gasteiger partial charge in [0.15, 0.2) is 36.0 Å². The van der Waals surface area contributed by atoms with Crippen molar-refractivity contribution in [1.82, 2.24) is 53.2 Å². The van der Waals surface area contributed by atoms with Gasteiger partial charge in [-0.2, -0.15) is 0 Å². The smallest absolute Gasteiger partial charge is 0.330 e. The van der Waals surface area contributed by atoms with E-state index in [0.717, 1.165) is 82.9 Å². The number of carbonyl (C=O) groups excluding carboxylic acids is 8. The summed E-state index contributed by atoms with van der Waals surface area (Å²) in [7, 11) is 1.46. The van der Waals surface area contributed by atoms with E-state index in [4.69, 9.17) is 73.7 Å². The van der Waals surface area contributed by atoms with Gasteiger partial charge in [0.25, 0.3) is 5.91 Å². The van der Waals surface area contributed by atoms with Gasteiger partial charge in [-0.1, -0.05) is 128 Å². The van der Waals surface area contributed by atoms with Crippen LogP contribution in [0.4, 0.5) is 0 Å². The fraction of sp³-hybridized carbons (Fsp3) is 0.418. The van der Waals surface area contributed by atoms with Gasteiger partial charge in [-0.05, 0) is 169 Å². The molecule has 22 atom stereocenters. The first-order chi connectivity index (χ1) is 68.1. The summed E-state index contributed by atoms with van der Waals surface area (Å²) in [5, 5.41) is 196. The van der Waals surface area contributed by atoms with E-state index in [1.165, 1.54) is 19.2 Å². The number of aliphatic carboxylic acids is 1. The van der Waals surface area contributed by atoms with Crippen LogP contribution >= 0.6 is 34.8 Å². The van der Waals surface area contributed by atoms with Crippen LogP contribution in [-0.4, -0.2) is 267 Å². The average Bonchev–Trinajstić information content (AvgIpc) is 0.753. The highest BCUT2D eigenvalue weighted by Crippen LogP contribution is 2.51. The van der Waals surface area contributed by atoms with Crippen molar-refractivity contribution >= 4 is 88.0 Å². The predicted octanol–water partition coefficient (Wildman–Crippen LogP) is 2.57. The molecular formula is C98H114Cl3N11O31. The van der Waals surface area contributed by atoms with Crippen LogP contribution in [0.3, 0.4) is 0 Å². The number of phenolic OH excluding ortho intramolecular Hbond substituents is 3. The Bertz CT molecular complexity index is 6020. The summed E-state index contributed by atoms with van der Waals surface area (Å²) < 4.78 is 46.3. The third kappa shape index (κ3) is 24.6. The molecule has 0 saturated carbocycles. The fourth-order valence-electron chi connectivity index (χ4n) is 17.6. The third-order valence-electron chi connectivity index (χ3n) is 25.7. The number of hydrogen-bond donors (Lipinski definition) is 26. The second-order valence-electron chi connectivity index (χ2n) is 35.8. The molecule has 45 heteroatoms. The van der Waals surface area contributed by atoms with Crippen molar-refractivity contribution in [2.45, 2.75) is 220 Å². The number of aliphatic hydroxyl groups is 11. The number of rotatable bonds is 32. The number of ether oxygens (including phenoxy) is 7. The van der Waals surface area contributed by atoms with Crippen molar-refractivity contribution in [3.05, 3.63) is 205 Å². The molecule has 2 saturated heterocycles. The Morgan fingerprint density at radius 3 is 1.94 bits per heavy atom. The van der Waals surface area contributed by atoms with E-state index in [9.17, 15) is 95.8 Å². The highest BCUT2D eigenvalue weighted by atomic mass is 35.5. The topological polar surface area (TPSA) is 668 Å². The maximum Gasteiger partial charge on any atom is 0.330 e. The van der Waals surface area contributed by atoms with Gasteiger partial charge in [-0.3, -0.25) is 38.4 Å². The van der Waals surface area contributed by atoms with Crippen LogP contribution in [-0.2, 0) is 77.1 Å². The minimum Gasteiger partial charge on any atom is -0.507 e. The number of primary amides is 1. The maximum atomic E-state index is 16.6. The number of benzene rings is 8. The molecule has 2 fully saturated rings. The zero-order valence-electron chi connectivity index (χ0n) is 77.9. The van der Waals surface area contributed by atoms with E-state index in [1.54, 1.807) is 45.9 Å². The summed E-state index contributed by atoms with van der Waals surface area (Å²) in [5.74, 6) is -18.1. The second-order valence-corrected chi connectivity index (χ2v) is 37.1. The van der Waals surface area contributed by atoms with Crippen molar-refractivity contribution in [3.63, 3.8) is 0 Å². The molecule has 0 aliphatic carbocycles. The average molecular weight is 2050 g/mol. The van der Waals surface area contributed by atoms with Gasteiger partial charge in [-0.25, -0.2) is 4.79 Å². The molecule has 143 heavy (non-hydrogen) atoms. The SMILES string of the molecule is CCC1(NCc2ccc(OCc3cccc(-c4ccccc4)c3C)c(Cl)c2)C[C@H](O[C@H]2C(Oc3c4cc5cc3Oc3ccc(cc3Cl)[C@@H](O)[C@@H](NC(=O)[C@@H](CC(C)C)NC)C(=O)N[C@@H](CC(N)=O)C(=O)N[C@H]5C(=O)N[C@@H]3C(=O)N[C@H](C(=O)N[C@H](C(=O)O)c5cc(O)c(CNCCCNC(=O)[C@H](O)[C@@H](O)[C@H](O)[C@H](O)CO)c(O)c5-c5cc3ccc5O)[C@H](O)c3ccc(c(Cl)c3)O4)O[C@H](CO)C(O)C2O)OC(C)[C@H]1O. The summed E-state index contributed by atoms with van der Waals surface area (Å²) in [6.07, 6.45) is -28.0. The Balaban J connectivity index is 0.926. The summed E-state index contributed by atoms with van der Waals surface area (Å²) in [6.45, 7) is 6.24. The third-order valence-corrected chi connectivity index (χ3v) is 26.6. The number of aliphatic hydroxyl groups excluding tert-OH is 11. The molecule has 5 unspecified atom stereocenters. The Kier molecular flexibility index (Phi) is 35.6. The van der Waals surface area contributed by atoms with Crippen LogP contribution in [0, 0.1) is 12.8 Å². The molecule has 768 valence electrons. The molecule has 0 aromatic heterocycles. The van der Waals surface area contributed by atoms with E-state index < -0.39 is 302 Å². The number of likely N-dealkylation sites (N-methyl/N-ethyl adjacent to an activating group) is 1. The van der Waals surface area contributed by atoms with Crippen LogP contribution in [0.15, 0.2) is 140 Å². The van der Waals surface area contributed by atoms with Gasteiger partial charge in [0.2, 0.25) is 53.4 Å². The van der Waals surface area contributed by atoms with E-state index in [0.29, 0.717) is 11.3 Å². The molecular weight excluding hydrogens is 1930 g/mol. The number of aromatic hydroxyl groups is 3. The number of amides is 8. The normalized spacial score (nSPS) is 25.1. The number of carbonyl (C=O) groups is 9. The van der Waals surface area contributed by atoms with Crippen molar-refractivity contribution in [1.29, 1.82) is 0 Å². The summed E-state index contributed by atoms with van der Waals surface area (Å²) >= 11 is 21.4. The zero-order valence-corrected chi connectivity index (χ0v) is 80.2. The lowest BCUT2D eigenvalue weighted by molar-refractivity contribution is -0.335. The summed E-state index contributed by atoms with van der Waals surface area (Å²) in [6, 6.07) is 18.4. The lowest BCUT2D eigenvalue weighted by Crippen LogP contribution is -2.66. The molecule has 42 nitrogen and oxygen atoms in total. The van der Waals surface area contributed by atoms with Crippen molar-refractivity contribution in [2.75, 3.05) is 33.4 Å². The lowest BCUT2D eigenvalue weighted by Gasteiger charge is -2.49. The maximum absolute atomic E-state index is 16.6. The van der Waals surface area contributed by atoms with E-state index in [1.807, 2.05) is 55.5 Å². The molecule has 11 bridgehead atoms. The standard InChI is InChI=1S/C98H114Cl3N11O31/c1-7-98(106-37-45-17-22-64(56(99)28-45)137-41-50-15-11-16-52(43(50)4)46-13-9-8-10-14-46)36-71(138-44(5)88(98)127)142-87-84(125)82(123)69(40-114)141-97(87)143-86-67-32-51-33-68(86)140-66-24-20-49(31-58(66)101)79(120)77-94(133)110-75(96(135)136)54-34-62(116)55(38-104-25-12-26-105-95(134)85(126)83(124)81(122)63(117)39-113)80(121)72(54)53-29-47(18-21-61(53)115)73(91(130)112-77)109-92(131)74(51)108-90(129)60(35-70(102)118)107-93(132)76(111-89(128)59(103-6)27-42(2)3)78(119)48-19-23-65(139-67)57(100)30-48/h8-11,13-24,28-34,42,44,59-60,63,69,71,73-79,81-85,87-88,97,103-104,106,113-117,119-127H,7,12,25-27,35-41H2,1-6H3,(H2,102,118)(H,105,134)(H,107,132)(H,108,129)(H,109,131)(H,110,133)(H,111,128)(H,112,130)(H,135,136)/t44?,59-,60+,63-,69-,71+,73+,74-,75+,76-,77+,78-,79-,81-,82?,83+,84?,85-,87-,88-,97?,98?/m1/s1. The number of halogens is 3. The minimum atomic E-state index is -2.46. The fourth-order valence-corrected chi connectivity index (χ4v) is 18.4. The number of carboxylic acid groups (broad SMARTS) is 1. The number of nitrogens with two attached hydrogens (primary N) is 1. The molecule has 7 aliphatic heterocycles. The largest absolute Gasteiger partial charge is 0.507 e. The van der Waals surface area contributed by atoms with Crippen LogP contribution in [0.5, 0.6) is 51.7 Å². The summed E-state index contributed by atoms with van der Waals surface area (Å²) in [4.78, 5) is 133. The first-order valence-electron chi connectivity index (χ1n) is 45.9. The number of phenols is 3. The number of hydrogen-bond acceptors (Lipinski definition) is 33. The zero-order chi connectivity index (χ0) is 104. The number of carboxylic acids is 1. The van der Waals surface area contributed by atoms with Gasteiger partial charge >= 0.3 is 5.97 Å². The molecule has 15 rings (SSSR count). The molecule has 27 N–H and O–H groups in total. The van der Waals surface area contributed by atoms with Crippen molar-refractivity contribution < 1.29 is 153 Å². The Morgan fingerprint density at radius 1 is 0.650 bits per heavy atom. The molecule has 8 aromatic carbocycles.